The van der Waals surface area contributed by atoms with E-state index in [-0.39, 0.29) is 6.10 Å². The van der Waals surface area contributed by atoms with Crippen molar-refractivity contribution < 1.29 is 4.84 Å². The minimum Gasteiger partial charge on any atom is -0.297 e. The molecule has 4 aliphatic rings. The van der Waals surface area contributed by atoms with Crippen LogP contribution in [0.2, 0.25) is 0 Å². The van der Waals surface area contributed by atoms with E-state index in [2.05, 4.69) is 52.1 Å². The normalized spacial score (nSPS) is 41.9. The Balaban J connectivity index is 1.43. The number of rotatable bonds is 8. The van der Waals surface area contributed by atoms with Crippen LogP contribution >= 0.6 is 0 Å². The van der Waals surface area contributed by atoms with Crippen molar-refractivity contribution >= 4 is 0 Å². The average Bonchev–Trinajstić information content (AvgIpc) is 3.11. The largest absolute Gasteiger partial charge is 0.297 e. The second kappa shape index (κ2) is 9.84. The summed E-state index contributed by atoms with van der Waals surface area (Å²) in [5.74, 6) is 8.04. The molecule has 3 saturated carbocycles. The number of fused-ring (bicyclic) bond motifs is 5. The molecule has 0 bridgehead atoms. The lowest BCUT2D eigenvalue weighted by molar-refractivity contribution is -0.0782. The summed E-state index contributed by atoms with van der Waals surface area (Å²) >= 11 is 0. The maximum atomic E-state index is 5.89. The van der Waals surface area contributed by atoms with E-state index >= 15 is 0 Å². The molecule has 1 N–H and O–H groups in total. The smallest absolute Gasteiger partial charge is 0.0828 e. The molecule has 3 fully saturated rings. The van der Waals surface area contributed by atoms with Gasteiger partial charge in [-0.25, -0.2) is 0 Å². The summed E-state index contributed by atoms with van der Waals surface area (Å²) in [7, 11) is 0. The second-order valence-electron chi connectivity index (χ2n) is 12.8. The Morgan fingerprint density at radius 3 is 2.66 bits per heavy atom. The van der Waals surface area contributed by atoms with Gasteiger partial charge in [0.1, 0.15) is 0 Å². The van der Waals surface area contributed by atoms with E-state index in [0.29, 0.717) is 17.4 Å². The van der Waals surface area contributed by atoms with Crippen LogP contribution in [0.4, 0.5) is 0 Å². The molecule has 0 saturated heterocycles. The first kappa shape index (κ1) is 24.3. The highest BCUT2D eigenvalue weighted by molar-refractivity contribution is 5.25. The third-order valence-corrected chi connectivity index (χ3v) is 10.7. The van der Waals surface area contributed by atoms with Gasteiger partial charge in [-0.3, -0.25) is 4.84 Å². The summed E-state index contributed by atoms with van der Waals surface area (Å²) in [5.41, 5.74) is 5.65. The van der Waals surface area contributed by atoms with Crippen molar-refractivity contribution in [1.82, 2.24) is 5.48 Å². The van der Waals surface area contributed by atoms with Gasteiger partial charge >= 0.3 is 0 Å². The Bertz CT molecular complexity index is 719. The molecule has 0 aromatic heterocycles. The predicted molar refractivity (Wildman–Crippen MR) is 135 cm³/mol. The van der Waals surface area contributed by atoms with Crippen LogP contribution in [0.15, 0.2) is 11.6 Å². The van der Waals surface area contributed by atoms with Crippen molar-refractivity contribution in [2.24, 2.45) is 46.3 Å². The quantitative estimate of drug-likeness (QED) is 0.182. The molecule has 0 aliphatic heterocycles. The number of hydrogen-bond acceptors (Lipinski definition) is 2. The zero-order valence-electron chi connectivity index (χ0n) is 21.6. The van der Waals surface area contributed by atoms with Crippen LogP contribution in [0, 0.1) is 58.7 Å². The fourth-order valence-corrected chi connectivity index (χ4v) is 8.95. The van der Waals surface area contributed by atoms with Crippen molar-refractivity contribution in [2.45, 2.75) is 111 Å². The minimum absolute atomic E-state index is 0.288. The molecule has 0 radical (unpaired) electrons. The summed E-state index contributed by atoms with van der Waals surface area (Å²) < 4.78 is 0. The predicted octanol–water partition coefficient (Wildman–Crippen LogP) is 7.55. The highest BCUT2D eigenvalue weighted by Gasteiger charge is 2.59. The Morgan fingerprint density at radius 2 is 1.91 bits per heavy atom. The van der Waals surface area contributed by atoms with Gasteiger partial charge in [0.05, 0.1) is 12.6 Å². The summed E-state index contributed by atoms with van der Waals surface area (Å²) in [6.45, 7) is 13.1. The van der Waals surface area contributed by atoms with E-state index in [1.54, 1.807) is 5.57 Å². The fraction of sp³-hybridized carbons (Fsp3) is 0.867. The first-order valence-electron chi connectivity index (χ1n) is 13.8. The van der Waals surface area contributed by atoms with E-state index in [9.17, 15) is 0 Å². The third kappa shape index (κ3) is 4.46. The lowest BCUT2D eigenvalue weighted by atomic mass is 9.47. The monoisotopic (exact) mass is 439 g/mol. The standard InChI is InChI=1S/C30H49NO/c1-7-19-31-32-24-15-17-29(5)23(20-24)11-12-25-27-14-13-26(22(4)10-8-9-21(2)3)30(27,6)18-16-28(25)29/h1,11,21-22,24-28,31H,8-10,12-20H2,2-6H3/t22-,24-,25+,26-,27+,28+,29+,30-/m1/s1. The van der Waals surface area contributed by atoms with Gasteiger partial charge < -0.3 is 0 Å². The van der Waals surface area contributed by atoms with Crippen molar-refractivity contribution in [1.29, 1.82) is 0 Å². The SMILES string of the molecule is C#CCNO[C@@H]1CC[C@@]2(C)C(=CC[C@H]3[C@@H]4CC[C@H]([C@H](C)CCCC(C)C)[C@@]4(C)CC[C@@H]32)C1. The zero-order valence-corrected chi connectivity index (χ0v) is 21.6. The van der Waals surface area contributed by atoms with Crippen molar-refractivity contribution in [2.75, 3.05) is 6.54 Å². The lowest BCUT2D eigenvalue weighted by Crippen LogP contribution is -2.51. The maximum absolute atomic E-state index is 5.89. The van der Waals surface area contributed by atoms with Gasteiger partial charge in [0, 0.05) is 0 Å². The number of terminal acetylenes is 1. The summed E-state index contributed by atoms with van der Waals surface area (Å²) in [6, 6.07) is 0. The molecule has 0 unspecified atom stereocenters. The van der Waals surface area contributed by atoms with Crippen molar-refractivity contribution in [3.63, 3.8) is 0 Å². The van der Waals surface area contributed by atoms with E-state index in [0.717, 1.165) is 48.3 Å². The van der Waals surface area contributed by atoms with Gasteiger partial charge in [0.25, 0.3) is 0 Å². The number of hydrogen-bond donors (Lipinski definition) is 1. The summed E-state index contributed by atoms with van der Waals surface area (Å²) in [5, 5.41) is 0. The van der Waals surface area contributed by atoms with Crippen LogP contribution in [0.1, 0.15) is 105 Å². The van der Waals surface area contributed by atoms with Gasteiger partial charge in [-0.05, 0) is 97.7 Å². The molecule has 0 spiro atoms. The van der Waals surface area contributed by atoms with Gasteiger partial charge in [0.2, 0.25) is 0 Å². The van der Waals surface area contributed by atoms with Crippen molar-refractivity contribution in [3.8, 4) is 12.3 Å². The molecule has 2 nitrogen and oxygen atoms in total. The third-order valence-electron chi connectivity index (χ3n) is 10.7. The van der Waals surface area contributed by atoms with Crippen LogP contribution in [0.25, 0.3) is 0 Å². The molecule has 0 amide bonds. The minimum atomic E-state index is 0.288. The molecule has 4 aliphatic carbocycles. The topological polar surface area (TPSA) is 21.3 Å². The Morgan fingerprint density at radius 1 is 1.09 bits per heavy atom. The Kier molecular flexibility index (Phi) is 7.48. The van der Waals surface area contributed by atoms with Gasteiger partial charge in [-0.2, -0.15) is 5.48 Å². The first-order valence-corrected chi connectivity index (χ1v) is 13.8. The van der Waals surface area contributed by atoms with Gasteiger partial charge in [-0.1, -0.05) is 71.5 Å². The van der Waals surface area contributed by atoms with E-state index < -0.39 is 0 Å². The molecule has 32 heavy (non-hydrogen) atoms. The molecule has 2 heteroatoms. The molecular weight excluding hydrogens is 390 g/mol. The second-order valence-corrected chi connectivity index (χ2v) is 12.8. The van der Waals surface area contributed by atoms with Crippen LogP contribution in [0.3, 0.4) is 0 Å². The van der Waals surface area contributed by atoms with Gasteiger partial charge in [-0.15, -0.1) is 6.42 Å². The lowest BCUT2D eigenvalue weighted by Gasteiger charge is -2.58. The van der Waals surface area contributed by atoms with Crippen LogP contribution in [0.5, 0.6) is 0 Å². The average molecular weight is 440 g/mol. The molecule has 180 valence electrons. The highest BCUT2D eigenvalue weighted by atomic mass is 16.7. The van der Waals surface area contributed by atoms with Crippen LogP contribution in [-0.2, 0) is 4.84 Å². The van der Waals surface area contributed by atoms with Crippen LogP contribution in [-0.4, -0.2) is 12.6 Å². The maximum Gasteiger partial charge on any atom is 0.0828 e. The summed E-state index contributed by atoms with van der Waals surface area (Å²) in [6.07, 6.45) is 23.3. The number of nitrogens with one attached hydrogen (secondary N) is 1. The fourth-order valence-electron chi connectivity index (χ4n) is 8.95. The Hall–Kier alpha value is -0.780. The number of allylic oxidation sites excluding steroid dienone is 1. The Labute approximate surface area is 198 Å². The highest BCUT2D eigenvalue weighted by Crippen LogP contribution is 2.67. The van der Waals surface area contributed by atoms with E-state index in [4.69, 9.17) is 11.3 Å². The zero-order chi connectivity index (χ0) is 22.9. The van der Waals surface area contributed by atoms with Crippen molar-refractivity contribution in [3.05, 3.63) is 11.6 Å². The molecular formula is C30H49NO. The molecule has 4 rings (SSSR count). The molecule has 0 aromatic carbocycles. The molecule has 0 aromatic rings. The van der Waals surface area contributed by atoms with Crippen LogP contribution < -0.4 is 5.48 Å². The van der Waals surface area contributed by atoms with E-state index in [1.165, 1.54) is 57.8 Å². The summed E-state index contributed by atoms with van der Waals surface area (Å²) in [4.78, 5) is 5.89. The van der Waals surface area contributed by atoms with E-state index in [1.807, 2.05) is 0 Å². The first-order chi connectivity index (χ1) is 15.3. The molecule has 0 heterocycles. The molecule has 8 atom stereocenters. The number of hydroxylamine groups is 1. The van der Waals surface area contributed by atoms with Gasteiger partial charge in [0.15, 0.2) is 0 Å².